The highest BCUT2D eigenvalue weighted by Gasteiger charge is 2.16. The van der Waals surface area contributed by atoms with Crippen molar-refractivity contribution in [3.63, 3.8) is 0 Å². The Kier molecular flexibility index (Phi) is 10.1. The fourth-order valence-electron chi connectivity index (χ4n) is 5.04. The van der Waals surface area contributed by atoms with Gasteiger partial charge in [0.2, 0.25) is 0 Å². The van der Waals surface area contributed by atoms with Crippen molar-refractivity contribution in [3.05, 3.63) is 137 Å². The zero-order chi connectivity index (χ0) is 31.6. The van der Waals surface area contributed by atoms with Crippen LogP contribution in [0.3, 0.4) is 0 Å². The number of benzene rings is 4. The van der Waals surface area contributed by atoms with E-state index in [1.807, 2.05) is 53.2 Å². The van der Waals surface area contributed by atoms with Gasteiger partial charge in [-0.2, -0.15) is 0 Å². The highest BCUT2D eigenvalue weighted by molar-refractivity contribution is 5.94. The number of nitrogens with two attached hydrogens (primary N) is 1. The van der Waals surface area contributed by atoms with Crippen LogP contribution in [0, 0.1) is 6.92 Å². The van der Waals surface area contributed by atoms with Gasteiger partial charge >= 0.3 is 0 Å². The Bertz CT molecular complexity index is 1840. The Balaban J connectivity index is 0.000000336. The molecule has 230 valence electrons. The zero-order valence-electron chi connectivity index (χ0n) is 25.8. The fraction of sp³-hybridized carbons (Fsp3) is 0.194. The number of aryl methyl sites for hydroxylation is 3. The molecule has 0 aliphatic rings. The molecule has 6 rings (SSSR count). The van der Waals surface area contributed by atoms with Gasteiger partial charge in [-0.1, -0.05) is 48.5 Å². The van der Waals surface area contributed by atoms with Crippen LogP contribution < -0.4 is 20.5 Å². The van der Waals surface area contributed by atoms with E-state index >= 15 is 0 Å². The molecule has 0 atom stereocenters. The van der Waals surface area contributed by atoms with Crippen molar-refractivity contribution in [2.75, 3.05) is 20.0 Å². The number of nitrogen functional groups attached to an aromatic ring is 1. The molecular weight excluding hydrogens is 564 g/mol. The Hall–Kier alpha value is -5.57. The molecule has 0 unspecified atom stereocenters. The van der Waals surface area contributed by atoms with Crippen molar-refractivity contribution < 1.29 is 14.3 Å². The lowest BCUT2D eigenvalue weighted by Gasteiger charge is -2.15. The number of carbonyl (C=O) groups is 1. The zero-order valence-corrected chi connectivity index (χ0v) is 25.8. The van der Waals surface area contributed by atoms with Gasteiger partial charge in [0.25, 0.3) is 5.91 Å². The maximum atomic E-state index is 12.6. The van der Waals surface area contributed by atoms with E-state index in [1.165, 1.54) is 22.0 Å². The summed E-state index contributed by atoms with van der Waals surface area (Å²) in [6, 6.07) is 31.1. The molecule has 9 heteroatoms. The molecule has 0 radical (unpaired) electrons. The first-order chi connectivity index (χ1) is 21.9. The minimum atomic E-state index is -0.201. The molecule has 4 aromatic carbocycles. The largest absolute Gasteiger partial charge is 0.497 e. The van der Waals surface area contributed by atoms with E-state index in [0.717, 1.165) is 23.6 Å². The molecule has 6 aromatic rings. The summed E-state index contributed by atoms with van der Waals surface area (Å²) in [5, 5.41) is 13.1. The quantitative estimate of drug-likeness (QED) is 0.163. The minimum Gasteiger partial charge on any atom is -0.497 e. The second-order valence-electron chi connectivity index (χ2n) is 10.6. The van der Waals surface area contributed by atoms with Crippen molar-refractivity contribution in [2.45, 2.75) is 32.9 Å². The maximum Gasteiger partial charge on any atom is 0.251 e. The van der Waals surface area contributed by atoms with Crippen LogP contribution in [-0.2, 0) is 25.9 Å². The summed E-state index contributed by atoms with van der Waals surface area (Å²) < 4.78 is 13.0. The van der Waals surface area contributed by atoms with Crippen LogP contribution >= 0.6 is 0 Å². The summed E-state index contributed by atoms with van der Waals surface area (Å²) in [5.74, 6) is 2.73. The highest BCUT2D eigenvalue weighted by atomic mass is 16.5. The number of amides is 1. The van der Waals surface area contributed by atoms with Gasteiger partial charge in [-0.15, -0.1) is 10.2 Å². The summed E-state index contributed by atoms with van der Waals surface area (Å²) in [4.78, 5) is 15.8. The van der Waals surface area contributed by atoms with Gasteiger partial charge in [0.05, 0.1) is 27.3 Å². The second kappa shape index (κ2) is 14.7. The third-order valence-corrected chi connectivity index (χ3v) is 7.58. The SMILES string of the molecule is COc1ccc(Cn2c(CCc3ccccc3)nnc2CNC(=O)c2ccc(N)cc2)c(OC)c1.Cc1c[nH]c2ccccc12. The summed E-state index contributed by atoms with van der Waals surface area (Å²) in [7, 11) is 3.26. The van der Waals surface area contributed by atoms with E-state index in [2.05, 4.69) is 57.8 Å². The molecule has 0 saturated carbocycles. The maximum absolute atomic E-state index is 12.6. The molecule has 0 fully saturated rings. The minimum absolute atomic E-state index is 0.201. The molecule has 0 saturated heterocycles. The predicted octanol–water partition coefficient (Wildman–Crippen LogP) is 6.12. The second-order valence-corrected chi connectivity index (χ2v) is 10.6. The third-order valence-electron chi connectivity index (χ3n) is 7.58. The van der Waals surface area contributed by atoms with Crippen molar-refractivity contribution in [2.24, 2.45) is 0 Å². The van der Waals surface area contributed by atoms with Crippen molar-refractivity contribution in [1.29, 1.82) is 0 Å². The molecule has 4 N–H and O–H groups in total. The highest BCUT2D eigenvalue weighted by Crippen LogP contribution is 2.26. The number of methoxy groups -OCH3 is 2. The molecule has 0 bridgehead atoms. The number of ether oxygens (including phenoxy) is 2. The molecule has 0 aliphatic heterocycles. The summed E-state index contributed by atoms with van der Waals surface area (Å²) in [6.45, 7) is 2.84. The van der Waals surface area contributed by atoms with Crippen LogP contribution in [0.25, 0.3) is 10.9 Å². The van der Waals surface area contributed by atoms with Gasteiger partial charge in [-0.3, -0.25) is 4.79 Å². The van der Waals surface area contributed by atoms with Crippen molar-refractivity contribution in [1.82, 2.24) is 25.1 Å². The molecule has 0 spiro atoms. The number of rotatable bonds is 10. The summed E-state index contributed by atoms with van der Waals surface area (Å²) >= 11 is 0. The molecule has 2 heterocycles. The van der Waals surface area contributed by atoms with Gasteiger partial charge in [-0.25, -0.2) is 0 Å². The summed E-state index contributed by atoms with van der Waals surface area (Å²) in [6.07, 6.45) is 3.57. The molecule has 9 nitrogen and oxygen atoms in total. The van der Waals surface area contributed by atoms with Gasteiger partial charge in [0, 0.05) is 46.4 Å². The standard InChI is InChI=1S/C27H29N5O3.C9H9N/c1-34-23-14-11-21(24(16-23)35-2)18-32-25(15-8-19-6-4-3-5-7-19)30-31-26(32)17-29-27(33)20-9-12-22(28)13-10-20;1-7-6-10-9-5-3-2-4-8(7)9/h3-7,9-14,16H,8,15,17-18,28H2,1-2H3,(H,29,33);2-6,10H,1H3. The number of aromatic nitrogens is 4. The smallest absolute Gasteiger partial charge is 0.251 e. The van der Waals surface area contributed by atoms with E-state index < -0.39 is 0 Å². The molecule has 2 aromatic heterocycles. The average molecular weight is 603 g/mol. The number of carbonyl (C=O) groups excluding carboxylic acids is 1. The molecule has 0 aliphatic carbocycles. The van der Waals surface area contributed by atoms with E-state index in [1.54, 1.807) is 38.5 Å². The number of aromatic amines is 1. The van der Waals surface area contributed by atoms with Crippen molar-refractivity contribution >= 4 is 22.5 Å². The van der Waals surface area contributed by atoms with Crippen molar-refractivity contribution in [3.8, 4) is 11.5 Å². The van der Waals surface area contributed by atoms with Crippen LogP contribution in [0.15, 0.2) is 103 Å². The molecule has 45 heavy (non-hydrogen) atoms. The van der Waals surface area contributed by atoms with Crippen LogP contribution in [-0.4, -0.2) is 39.9 Å². The van der Waals surface area contributed by atoms with E-state index in [0.29, 0.717) is 35.8 Å². The topological polar surface area (TPSA) is 120 Å². The number of H-pyrrole nitrogens is 1. The fourth-order valence-corrected chi connectivity index (χ4v) is 5.04. The number of hydrogen-bond donors (Lipinski definition) is 3. The van der Waals surface area contributed by atoms with Gasteiger partial charge < -0.3 is 30.1 Å². The number of anilines is 1. The lowest BCUT2D eigenvalue weighted by atomic mass is 10.1. The van der Waals surface area contributed by atoms with Crippen LogP contribution in [0.1, 0.15) is 38.7 Å². The normalized spacial score (nSPS) is 10.6. The monoisotopic (exact) mass is 602 g/mol. The number of para-hydroxylation sites is 1. The average Bonchev–Trinajstić information content (AvgIpc) is 3.66. The Morgan fingerprint density at radius 2 is 1.60 bits per heavy atom. The lowest BCUT2D eigenvalue weighted by molar-refractivity contribution is 0.0949. The number of nitrogens with zero attached hydrogens (tertiary/aromatic N) is 3. The van der Waals surface area contributed by atoms with Gasteiger partial charge in [0.1, 0.15) is 17.3 Å². The Labute approximate surface area is 263 Å². The number of hydrogen-bond acceptors (Lipinski definition) is 6. The lowest BCUT2D eigenvalue weighted by Crippen LogP contribution is -2.25. The Morgan fingerprint density at radius 1 is 0.867 bits per heavy atom. The third kappa shape index (κ3) is 7.88. The van der Waals surface area contributed by atoms with Crippen LogP contribution in [0.2, 0.25) is 0 Å². The Morgan fingerprint density at radius 3 is 2.33 bits per heavy atom. The first-order valence-corrected chi connectivity index (χ1v) is 14.8. The number of fused-ring (bicyclic) bond motifs is 1. The predicted molar refractivity (Wildman–Crippen MR) is 178 cm³/mol. The van der Waals surface area contributed by atoms with E-state index in [9.17, 15) is 4.79 Å². The van der Waals surface area contributed by atoms with E-state index in [-0.39, 0.29) is 12.5 Å². The number of nitrogens with one attached hydrogen (secondary N) is 2. The molecular formula is C36H38N6O3. The first-order valence-electron chi connectivity index (χ1n) is 14.8. The van der Waals surface area contributed by atoms with Crippen LogP contribution in [0.5, 0.6) is 11.5 Å². The first kappa shape index (κ1) is 30.9. The van der Waals surface area contributed by atoms with E-state index in [4.69, 9.17) is 15.2 Å². The van der Waals surface area contributed by atoms with Gasteiger partial charge in [-0.05, 0) is 66.9 Å². The molecule has 1 amide bonds. The summed E-state index contributed by atoms with van der Waals surface area (Å²) in [5.41, 5.74) is 11.6. The van der Waals surface area contributed by atoms with Crippen LogP contribution in [0.4, 0.5) is 5.69 Å². The van der Waals surface area contributed by atoms with Gasteiger partial charge in [0.15, 0.2) is 5.82 Å².